The Labute approximate surface area is 97.8 Å². The van der Waals surface area contributed by atoms with Crippen molar-refractivity contribution in [3.05, 3.63) is 0 Å². The molecule has 7 heteroatoms. The van der Waals surface area contributed by atoms with Gasteiger partial charge in [-0.3, -0.25) is 0 Å². The number of aliphatic hydroxyl groups excluding tert-OH is 1. The van der Waals surface area contributed by atoms with Gasteiger partial charge < -0.3 is 20.8 Å². The third-order valence-electron chi connectivity index (χ3n) is 2.30. The molecule has 1 unspecified atom stereocenters. The summed E-state index contributed by atoms with van der Waals surface area (Å²) in [6.07, 6.45) is 2.24. The van der Waals surface area contributed by atoms with Crippen LogP contribution >= 0.6 is 11.8 Å². The van der Waals surface area contributed by atoms with Gasteiger partial charge in [0.1, 0.15) is 0 Å². The monoisotopic (exact) mass is 248 g/mol. The lowest BCUT2D eigenvalue weighted by molar-refractivity contribution is -0.140. The summed E-state index contributed by atoms with van der Waals surface area (Å²) >= 11 is 1.81. The molecule has 6 nitrogen and oxygen atoms in total. The number of carbonyl (C=O) groups excluding carboxylic acids is 1. The molecule has 0 aromatic rings. The maximum atomic E-state index is 11.3. The predicted octanol–water partition coefficient (Wildman–Crippen LogP) is -0.373. The first kappa shape index (κ1) is 13.1. The first-order valence-electron chi connectivity index (χ1n) is 5.13. The van der Waals surface area contributed by atoms with Gasteiger partial charge >= 0.3 is 12.0 Å². The highest BCUT2D eigenvalue weighted by molar-refractivity contribution is 8.00. The number of nitrogens with one attached hydrogen (secondary N) is 2. The van der Waals surface area contributed by atoms with Crippen LogP contribution in [0.15, 0.2) is 0 Å². The van der Waals surface area contributed by atoms with E-state index in [9.17, 15) is 9.59 Å². The molecular weight excluding hydrogens is 232 g/mol. The van der Waals surface area contributed by atoms with E-state index in [1.54, 1.807) is 0 Å². The van der Waals surface area contributed by atoms with Gasteiger partial charge in [0.15, 0.2) is 6.04 Å². The third-order valence-corrected chi connectivity index (χ3v) is 3.70. The molecule has 0 aromatic carbocycles. The zero-order chi connectivity index (χ0) is 12.0. The average Bonchev–Trinajstić information content (AvgIpc) is 2.75. The number of rotatable bonds is 5. The lowest BCUT2D eigenvalue weighted by Gasteiger charge is -2.14. The highest BCUT2D eigenvalue weighted by Crippen LogP contribution is 2.25. The fourth-order valence-corrected chi connectivity index (χ4v) is 2.61. The van der Waals surface area contributed by atoms with E-state index in [-0.39, 0.29) is 0 Å². The van der Waals surface area contributed by atoms with Crippen molar-refractivity contribution in [2.45, 2.75) is 24.1 Å². The van der Waals surface area contributed by atoms with Crippen LogP contribution in [0.25, 0.3) is 0 Å². The van der Waals surface area contributed by atoms with E-state index in [1.807, 2.05) is 11.8 Å². The molecule has 1 saturated heterocycles. The summed E-state index contributed by atoms with van der Waals surface area (Å²) < 4.78 is 0. The average molecular weight is 248 g/mol. The number of hydrogen-bond acceptors (Lipinski definition) is 4. The second kappa shape index (κ2) is 6.59. The summed E-state index contributed by atoms with van der Waals surface area (Å²) in [6.45, 7) is -0.0742. The number of carboxylic acids is 1. The Morgan fingerprint density at radius 2 is 2.25 bits per heavy atom. The second-order valence-corrected chi connectivity index (χ2v) is 4.97. The molecule has 4 N–H and O–H groups in total. The molecular formula is C9H16N2O4S. The second-order valence-electron chi connectivity index (χ2n) is 3.56. The minimum atomic E-state index is -1.24. The molecule has 1 heterocycles. The van der Waals surface area contributed by atoms with Gasteiger partial charge in [0.2, 0.25) is 0 Å². The van der Waals surface area contributed by atoms with Crippen LogP contribution in [-0.4, -0.2) is 52.4 Å². The molecule has 16 heavy (non-hydrogen) atoms. The van der Waals surface area contributed by atoms with Crippen LogP contribution in [0, 0.1) is 0 Å². The van der Waals surface area contributed by atoms with Crippen molar-refractivity contribution in [1.29, 1.82) is 0 Å². The van der Waals surface area contributed by atoms with E-state index in [4.69, 9.17) is 10.2 Å². The van der Waals surface area contributed by atoms with E-state index in [2.05, 4.69) is 10.6 Å². The number of carbonyl (C=O) groups is 2. The van der Waals surface area contributed by atoms with Gasteiger partial charge in [0.05, 0.1) is 6.61 Å². The van der Waals surface area contributed by atoms with E-state index in [1.165, 1.54) is 0 Å². The van der Waals surface area contributed by atoms with Crippen LogP contribution in [-0.2, 0) is 4.79 Å². The molecule has 0 aliphatic carbocycles. The van der Waals surface area contributed by atoms with Crippen molar-refractivity contribution in [3.8, 4) is 0 Å². The van der Waals surface area contributed by atoms with E-state index >= 15 is 0 Å². The number of aliphatic hydroxyl groups is 1. The fourth-order valence-electron chi connectivity index (χ4n) is 1.41. The standard InChI is InChI=1S/C9H16N2O4S/c12-5-7(8(13)14)11-9(15)10-4-6-2-1-3-16-6/h6-7,12H,1-5H2,(H,13,14)(H2,10,11,15)/t6?,7-/m1/s1. The minimum absolute atomic E-state index is 0.420. The van der Waals surface area contributed by atoms with Crippen LogP contribution in [0.1, 0.15) is 12.8 Å². The minimum Gasteiger partial charge on any atom is -0.480 e. The molecule has 0 saturated carbocycles. The van der Waals surface area contributed by atoms with E-state index in [0.717, 1.165) is 18.6 Å². The zero-order valence-electron chi connectivity index (χ0n) is 8.81. The van der Waals surface area contributed by atoms with Crippen molar-refractivity contribution in [3.63, 3.8) is 0 Å². The number of aliphatic carboxylic acids is 1. The number of urea groups is 1. The van der Waals surface area contributed by atoms with Gasteiger partial charge in [0.25, 0.3) is 0 Å². The van der Waals surface area contributed by atoms with Crippen LogP contribution in [0.5, 0.6) is 0 Å². The van der Waals surface area contributed by atoms with Crippen molar-refractivity contribution >= 4 is 23.8 Å². The number of hydrogen-bond donors (Lipinski definition) is 4. The third kappa shape index (κ3) is 4.28. The summed E-state index contributed by atoms with van der Waals surface area (Å²) in [5, 5.41) is 22.5. The van der Waals surface area contributed by atoms with Gasteiger partial charge in [0, 0.05) is 11.8 Å². The predicted molar refractivity (Wildman–Crippen MR) is 60.5 cm³/mol. The van der Waals surface area contributed by atoms with Crippen LogP contribution in [0.2, 0.25) is 0 Å². The van der Waals surface area contributed by atoms with Crippen molar-refractivity contribution in [1.82, 2.24) is 10.6 Å². The van der Waals surface area contributed by atoms with Gasteiger partial charge in [-0.1, -0.05) is 0 Å². The smallest absolute Gasteiger partial charge is 0.328 e. The maximum Gasteiger partial charge on any atom is 0.328 e. The Morgan fingerprint density at radius 1 is 1.50 bits per heavy atom. The molecule has 1 aliphatic rings. The Kier molecular flexibility index (Phi) is 5.41. The maximum absolute atomic E-state index is 11.3. The zero-order valence-corrected chi connectivity index (χ0v) is 9.63. The Bertz CT molecular complexity index is 256. The number of amides is 2. The first-order chi connectivity index (χ1) is 7.63. The Balaban J connectivity index is 2.21. The van der Waals surface area contributed by atoms with Gasteiger partial charge in [-0.2, -0.15) is 11.8 Å². The lowest BCUT2D eigenvalue weighted by atomic mass is 10.2. The molecule has 0 radical (unpaired) electrons. The molecule has 2 atom stereocenters. The molecule has 0 spiro atoms. The SMILES string of the molecule is O=C(NCC1CCCS1)N[C@H](CO)C(=O)O. The lowest BCUT2D eigenvalue weighted by Crippen LogP contribution is -2.48. The summed E-state index contributed by atoms with van der Waals surface area (Å²) in [6, 6.07) is -1.79. The molecule has 92 valence electrons. The molecule has 0 bridgehead atoms. The van der Waals surface area contributed by atoms with E-state index in [0.29, 0.717) is 11.8 Å². The number of thioether (sulfide) groups is 1. The van der Waals surface area contributed by atoms with Gasteiger partial charge in [-0.25, -0.2) is 9.59 Å². The molecule has 0 aromatic heterocycles. The normalized spacial score (nSPS) is 21.4. The van der Waals surface area contributed by atoms with E-state index < -0.39 is 24.6 Å². The number of carboxylic acid groups (broad SMARTS) is 1. The summed E-state index contributed by atoms with van der Waals surface area (Å²) in [5.74, 6) is -0.129. The quantitative estimate of drug-likeness (QED) is 0.532. The summed E-state index contributed by atoms with van der Waals surface area (Å²) in [7, 11) is 0. The fraction of sp³-hybridized carbons (Fsp3) is 0.778. The Hall–Kier alpha value is -0.950. The highest BCUT2D eigenvalue weighted by Gasteiger charge is 2.20. The highest BCUT2D eigenvalue weighted by atomic mass is 32.2. The van der Waals surface area contributed by atoms with Crippen LogP contribution in [0.4, 0.5) is 4.79 Å². The first-order valence-corrected chi connectivity index (χ1v) is 6.18. The molecule has 1 rings (SSSR count). The summed E-state index contributed by atoms with van der Waals surface area (Å²) in [4.78, 5) is 21.8. The van der Waals surface area contributed by atoms with Crippen molar-refractivity contribution in [2.24, 2.45) is 0 Å². The van der Waals surface area contributed by atoms with Crippen LogP contribution in [0.3, 0.4) is 0 Å². The van der Waals surface area contributed by atoms with Gasteiger partial charge in [-0.05, 0) is 18.6 Å². The summed E-state index contributed by atoms with van der Waals surface area (Å²) in [5.41, 5.74) is 0. The Morgan fingerprint density at radius 3 is 2.75 bits per heavy atom. The molecule has 2 amide bonds. The van der Waals surface area contributed by atoms with Crippen molar-refractivity contribution in [2.75, 3.05) is 18.9 Å². The van der Waals surface area contributed by atoms with Crippen LogP contribution < -0.4 is 10.6 Å². The van der Waals surface area contributed by atoms with Gasteiger partial charge in [-0.15, -0.1) is 0 Å². The topological polar surface area (TPSA) is 98.7 Å². The molecule has 1 aliphatic heterocycles. The molecule has 1 fully saturated rings. The largest absolute Gasteiger partial charge is 0.480 e. The van der Waals surface area contributed by atoms with Crippen molar-refractivity contribution < 1.29 is 19.8 Å².